The molecule has 2 rings (SSSR count). The predicted octanol–water partition coefficient (Wildman–Crippen LogP) is 1.74. The van der Waals surface area contributed by atoms with Crippen LogP contribution in [-0.4, -0.2) is 27.0 Å². The van der Waals surface area contributed by atoms with Gasteiger partial charge in [-0.3, -0.25) is 19.7 Å². The Morgan fingerprint density at radius 3 is 2.52 bits per heavy atom. The highest BCUT2D eigenvalue weighted by molar-refractivity contribution is 5.95. The molecule has 1 aromatic carbocycles. The lowest BCUT2D eigenvalue weighted by Crippen LogP contribution is -2.22. The van der Waals surface area contributed by atoms with E-state index in [0.29, 0.717) is 12.8 Å². The van der Waals surface area contributed by atoms with E-state index in [2.05, 4.69) is 5.32 Å². The number of carbonyl (C=O) groups excluding carboxylic acids is 1. The molecule has 0 spiro atoms. The van der Waals surface area contributed by atoms with Crippen LogP contribution in [0.5, 0.6) is 5.75 Å². The average Bonchev–Trinajstić information content (AvgIpc) is 2.90. The Kier molecular flexibility index (Phi) is 4.06. The van der Waals surface area contributed by atoms with Crippen molar-refractivity contribution in [2.45, 2.75) is 19.3 Å². The van der Waals surface area contributed by atoms with Gasteiger partial charge in [-0.1, -0.05) is 0 Å². The van der Waals surface area contributed by atoms with E-state index in [1.165, 1.54) is 12.1 Å². The van der Waals surface area contributed by atoms with Crippen molar-refractivity contribution in [3.63, 3.8) is 0 Å². The van der Waals surface area contributed by atoms with E-state index in [9.17, 15) is 24.8 Å². The number of anilines is 1. The molecular weight excluding hydrogens is 280 g/mol. The molecule has 1 aliphatic rings. The molecule has 21 heavy (non-hydrogen) atoms. The molecule has 0 heterocycles. The van der Waals surface area contributed by atoms with Crippen LogP contribution >= 0.6 is 0 Å². The van der Waals surface area contributed by atoms with Crippen LogP contribution < -0.4 is 5.32 Å². The maximum atomic E-state index is 12.1. The molecule has 1 aliphatic carbocycles. The summed E-state index contributed by atoms with van der Waals surface area (Å²) in [5.74, 6) is -2.66. The highest BCUT2D eigenvalue weighted by atomic mass is 16.6. The summed E-state index contributed by atoms with van der Waals surface area (Å²) in [6, 6.07) is 3.43. The van der Waals surface area contributed by atoms with Crippen LogP contribution in [0.2, 0.25) is 0 Å². The molecule has 112 valence electrons. The molecule has 8 nitrogen and oxygen atoms in total. The standard InChI is InChI=1S/C13H14N2O6/c16-9-3-4-10(11(6-9)15(20)21)14-12(17)7-1-2-8(5-7)13(18)19/h3-4,6-8,16H,1-2,5H2,(H,14,17)(H,18,19). The molecule has 3 N–H and O–H groups in total. The molecule has 1 aromatic rings. The number of nitrogens with zero attached hydrogens (tertiary/aromatic N) is 1. The molecule has 2 atom stereocenters. The van der Waals surface area contributed by atoms with Gasteiger partial charge in [0.1, 0.15) is 11.4 Å². The number of amides is 1. The Morgan fingerprint density at radius 2 is 1.95 bits per heavy atom. The second-order valence-corrected chi connectivity index (χ2v) is 4.99. The molecule has 0 saturated heterocycles. The van der Waals surface area contributed by atoms with Gasteiger partial charge >= 0.3 is 5.97 Å². The van der Waals surface area contributed by atoms with Crippen molar-refractivity contribution in [3.8, 4) is 5.75 Å². The van der Waals surface area contributed by atoms with E-state index in [0.717, 1.165) is 6.07 Å². The zero-order valence-corrected chi connectivity index (χ0v) is 11.0. The summed E-state index contributed by atoms with van der Waals surface area (Å²) in [5.41, 5.74) is -0.419. The third kappa shape index (κ3) is 3.28. The third-order valence-corrected chi connectivity index (χ3v) is 3.59. The normalized spacial score (nSPS) is 21.0. The monoisotopic (exact) mass is 294 g/mol. The van der Waals surface area contributed by atoms with E-state index in [1.807, 2.05) is 0 Å². The number of phenolic OH excluding ortho intramolecular Hbond substituents is 1. The number of benzene rings is 1. The smallest absolute Gasteiger partial charge is 0.306 e. The number of carbonyl (C=O) groups is 2. The van der Waals surface area contributed by atoms with Gasteiger partial charge in [0.2, 0.25) is 5.91 Å². The number of phenols is 1. The minimum absolute atomic E-state index is 0.0124. The van der Waals surface area contributed by atoms with Crippen molar-refractivity contribution in [3.05, 3.63) is 28.3 Å². The summed E-state index contributed by atoms with van der Waals surface area (Å²) >= 11 is 0. The number of hydrogen-bond donors (Lipinski definition) is 3. The Hall–Kier alpha value is -2.64. The van der Waals surface area contributed by atoms with Crippen molar-refractivity contribution in [1.29, 1.82) is 0 Å². The van der Waals surface area contributed by atoms with Gasteiger partial charge in [-0.2, -0.15) is 0 Å². The van der Waals surface area contributed by atoms with Crippen molar-refractivity contribution in [2.75, 3.05) is 5.32 Å². The average molecular weight is 294 g/mol. The van der Waals surface area contributed by atoms with E-state index in [-0.39, 0.29) is 17.9 Å². The second-order valence-electron chi connectivity index (χ2n) is 4.99. The fourth-order valence-corrected chi connectivity index (χ4v) is 2.46. The van der Waals surface area contributed by atoms with Crippen LogP contribution in [0.15, 0.2) is 18.2 Å². The Labute approximate surface area is 119 Å². The van der Waals surface area contributed by atoms with Crippen LogP contribution in [0, 0.1) is 22.0 Å². The van der Waals surface area contributed by atoms with Gasteiger partial charge in [0, 0.05) is 5.92 Å². The first-order valence-corrected chi connectivity index (χ1v) is 6.39. The molecule has 1 amide bonds. The van der Waals surface area contributed by atoms with Crippen molar-refractivity contribution >= 4 is 23.3 Å². The van der Waals surface area contributed by atoms with E-state index < -0.39 is 34.3 Å². The predicted molar refractivity (Wildman–Crippen MR) is 71.9 cm³/mol. The van der Waals surface area contributed by atoms with Crippen LogP contribution in [0.1, 0.15) is 19.3 Å². The van der Waals surface area contributed by atoms with E-state index in [1.54, 1.807) is 0 Å². The summed E-state index contributed by atoms with van der Waals surface area (Å²) in [7, 11) is 0. The second kappa shape index (κ2) is 5.78. The summed E-state index contributed by atoms with van der Waals surface area (Å²) in [5, 5.41) is 31.5. The molecule has 0 radical (unpaired) electrons. The number of nitro groups is 1. The van der Waals surface area contributed by atoms with Gasteiger partial charge in [0.15, 0.2) is 0 Å². The van der Waals surface area contributed by atoms with Crippen LogP contribution in [-0.2, 0) is 9.59 Å². The molecule has 0 aliphatic heterocycles. The summed E-state index contributed by atoms with van der Waals surface area (Å²) in [6.07, 6.45) is 1.09. The molecule has 1 fully saturated rings. The first kappa shape index (κ1) is 14.8. The largest absolute Gasteiger partial charge is 0.508 e. The molecular formula is C13H14N2O6. The topological polar surface area (TPSA) is 130 Å². The molecule has 2 unspecified atom stereocenters. The lowest BCUT2D eigenvalue weighted by Gasteiger charge is -2.11. The summed E-state index contributed by atoms with van der Waals surface area (Å²) in [4.78, 5) is 33.1. The first-order valence-electron chi connectivity index (χ1n) is 6.39. The minimum atomic E-state index is -0.930. The Balaban J connectivity index is 2.10. The molecule has 0 bridgehead atoms. The SMILES string of the molecule is O=C(O)C1CCC(C(=O)Nc2ccc(O)cc2[N+](=O)[O-])C1. The van der Waals surface area contributed by atoms with Gasteiger partial charge in [0.25, 0.3) is 5.69 Å². The number of aromatic hydroxyl groups is 1. The first-order chi connectivity index (χ1) is 9.88. The van der Waals surface area contributed by atoms with Crippen LogP contribution in [0.3, 0.4) is 0 Å². The maximum Gasteiger partial charge on any atom is 0.306 e. The van der Waals surface area contributed by atoms with Crippen molar-refractivity contribution in [2.24, 2.45) is 11.8 Å². The van der Waals surface area contributed by atoms with Gasteiger partial charge in [-0.25, -0.2) is 0 Å². The number of aliphatic carboxylic acids is 1. The van der Waals surface area contributed by atoms with Gasteiger partial charge in [-0.15, -0.1) is 0 Å². The fourth-order valence-electron chi connectivity index (χ4n) is 2.46. The number of hydrogen-bond acceptors (Lipinski definition) is 5. The fraction of sp³-hybridized carbons (Fsp3) is 0.385. The number of rotatable bonds is 4. The molecule has 1 saturated carbocycles. The van der Waals surface area contributed by atoms with E-state index in [4.69, 9.17) is 5.11 Å². The van der Waals surface area contributed by atoms with Gasteiger partial charge in [0.05, 0.1) is 16.9 Å². The number of carboxylic acids is 1. The Bertz CT molecular complexity index is 600. The summed E-state index contributed by atoms with van der Waals surface area (Å²) in [6.45, 7) is 0. The lowest BCUT2D eigenvalue weighted by molar-refractivity contribution is -0.384. The van der Waals surface area contributed by atoms with Crippen LogP contribution in [0.4, 0.5) is 11.4 Å². The lowest BCUT2D eigenvalue weighted by atomic mass is 10.0. The molecule has 8 heteroatoms. The zero-order chi connectivity index (χ0) is 15.6. The maximum absolute atomic E-state index is 12.1. The van der Waals surface area contributed by atoms with Gasteiger partial charge < -0.3 is 15.5 Å². The minimum Gasteiger partial charge on any atom is -0.508 e. The quantitative estimate of drug-likeness (QED) is 0.440. The summed E-state index contributed by atoms with van der Waals surface area (Å²) < 4.78 is 0. The zero-order valence-electron chi connectivity index (χ0n) is 11.0. The van der Waals surface area contributed by atoms with E-state index >= 15 is 0 Å². The van der Waals surface area contributed by atoms with Crippen molar-refractivity contribution < 1.29 is 24.7 Å². The highest BCUT2D eigenvalue weighted by Gasteiger charge is 2.34. The number of carboxylic acid groups (broad SMARTS) is 1. The molecule has 0 aromatic heterocycles. The number of nitrogens with one attached hydrogen (secondary N) is 1. The van der Waals surface area contributed by atoms with Crippen molar-refractivity contribution in [1.82, 2.24) is 0 Å². The van der Waals surface area contributed by atoms with Crippen LogP contribution in [0.25, 0.3) is 0 Å². The highest BCUT2D eigenvalue weighted by Crippen LogP contribution is 2.34. The number of nitro benzene ring substituents is 1. The van der Waals surface area contributed by atoms with Gasteiger partial charge in [-0.05, 0) is 31.4 Å². The Morgan fingerprint density at radius 1 is 1.29 bits per heavy atom. The third-order valence-electron chi connectivity index (χ3n) is 3.59.